The normalized spacial score (nSPS) is 10.4. The fourth-order valence-electron chi connectivity index (χ4n) is 2.69. The lowest BCUT2D eigenvalue weighted by Gasteiger charge is -2.11. The van der Waals surface area contributed by atoms with Crippen molar-refractivity contribution in [3.8, 4) is 17.2 Å². The molecule has 0 aromatic heterocycles. The maximum absolute atomic E-state index is 12.5. The van der Waals surface area contributed by atoms with Gasteiger partial charge in [-0.1, -0.05) is 18.2 Å². The van der Waals surface area contributed by atoms with Gasteiger partial charge in [-0.2, -0.15) is 5.10 Å². The molecule has 0 heterocycles. The first-order chi connectivity index (χ1) is 15.6. The molecule has 0 amide bonds. The lowest BCUT2D eigenvalue weighted by atomic mass is 10.2. The molecule has 0 aliphatic rings. The first-order valence-electron chi connectivity index (χ1n) is 9.87. The summed E-state index contributed by atoms with van der Waals surface area (Å²) in [4.78, 5) is 12.5. The van der Waals surface area contributed by atoms with Gasteiger partial charge in [-0.15, -0.1) is 0 Å². The molecule has 0 aliphatic heterocycles. The summed E-state index contributed by atoms with van der Waals surface area (Å²) in [7, 11) is 1.56. The lowest BCUT2D eigenvalue weighted by Crippen LogP contribution is -2.23. The van der Waals surface area contributed by atoms with Crippen molar-refractivity contribution in [1.29, 1.82) is 0 Å². The molecule has 0 bridgehead atoms. The Hall–Kier alpha value is -3.91. The molecule has 3 aromatic carbocycles. The van der Waals surface area contributed by atoms with E-state index in [9.17, 15) is 4.79 Å². The third-order valence-electron chi connectivity index (χ3n) is 4.21. The molecule has 3 rings (SSSR count). The van der Waals surface area contributed by atoms with Crippen molar-refractivity contribution in [3.05, 3.63) is 83.9 Å². The van der Waals surface area contributed by atoms with E-state index < -0.39 is 5.97 Å². The summed E-state index contributed by atoms with van der Waals surface area (Å²) in [6.45, 7) is 2.27. The molecule has 0 saturated carbocycles. The Morgan fingerprint density at radius 3 is 2.47 bits per heavy atom. The summed E-state index contributed by atoms with van der Waals surface area (Å²) in [6.07, 6.45) is 1.59. The van der Waals surface area contributed by atoms with Crippen LogP contribution in [0.5, 0.6) is 17.2 Å². The number of benzene rings is 3. The molecule has 0 radical (unpaired) electrons. The van der Waals surface area contributed by atoms with E-state index in [-0.39, 0.29) is 0 Å². The third-order valence-corrected chi connectivity index (χ3v) is 4.40. The number of nitrogens with one attached hydrogen (secondary N) is 2. The highest BCUT2D eigenvalue weighted by Gasteiger charge is 2.13. The van der Waals surface area contributed by atoms with Crippen molar-refractivity contribution in [3.63, 3.8) is 0 Å². The van der Waals surface area contributed by atoms with Crippen molar-refractivity contribution in [2.24, 2.45) is 5.10 Å². The van der Waals surface area contributed by atoms with E-state index in [0.29, 0.717) is 34.5 Å². The zero-order valence-corrected chi connectivity index (χ0v) is 18.5. The number of hydrogen-bond donors (Lipinski definition) is 2. The fourth-order valence-corrected chi connectivity index (χ4v) is 2.86. The lowest BCUT2D eigenvalue weighted by molar-refractivity contribution is 0.0728. The number of esters is 1. The minimum absolute atomic E-state index is 0.319. The van der Waals surface area contributed by atoms with Gasteiger partial charge in [0.05, 0.1) is 25.5 Å². The molecule has 2 N–H and O–H groups in total. The highest BCUT2D eigenvalue weighted by molar-refractivity contribution is 7.80. The number of nitrogens with zero attached hydrogens (tertiary/aromatic N) is 1. The zero-order chi connectivity index (χ0) is 22.8. The minimum Gasteiger partial charge on any atom is -0.497 e. The molecular weight excluding hydrogens is 426 g/mol. The van der Waals surface area contributed by atoms with E-state index in [1.165, 1.54) is 0 Å². The van der Waals surface area contributed by atoms with Gasteiger partial charge >= 0.3 is 5.97 Å². The Bertz CT molecular complexity index is 1090. The van der Waals surface area contributed by atoms with Crippen LogP contribution in [0.1, 0.15) is 22.8 Å². The average molecular weight is 450 g/mol. The molecular formula is C24H23N3O4S. The molecule has 0 unspecified atom stereocenters. The van der Waals surface area contributed by atoms with E-state index in [1.807, 2.05) is 37.3 Å². The highest BCUT2D eigenvalue weighted by atomic mass is 32.1. The van der Waals surface area contributed by atoms with Crippen LogP contribution in [-0.4, -0.2) is 31.0 Å². The SMILES string of the molecule is CCOc1cc(/C=N/NC(=S)Nc2ccccc2)ccc1OC(=O)c1ccc(OC)cc1. The number of thiocarbonyl (C=S) groups is 1. The Morgan fingerprint density at radius 2 is 1.78 bits per heavy atom. The molecule has 164 valence electrons. The standard InChI is InChI=1S/C24H23N3O4S/c1-3-30-22-15-17(16-25-27-24(32)26-19-7-5-4-6-8-19)9-14-21(22)31-23(28)18-10-12-20(29-2)13-11-18/h4-16H,3H2,1-2H3,(H2,26,27,32)/b25-16+. The number of hydrazone groups is 1. The second-order valence-corrected chi connectivity index (χ2v) is 6.86. The Kier molecular flexibility index (Phi) is 8.16. The van der Waals surface area contributed by atoms with Crippen molar-refractivity contribution in [2.75, 3.05) is 19.0 Å². The van der Waals surface area contributed by atoms with Gasteiger partial charge in [0, 0.05) is 5.69 Å². The number of carbonyl (C=O) groups excluding carboxylic acids is 1. The average Bonchev–Trinajstić information content (AvgIpc) is 2.81. The predicted molar refractivity (Wildman–Crippen MR) is 129 cm³/mol. The van der Waals surface area contributed by atoms with Gasteiger partial charge < -0.3 is 19.5 Å². The molecule has 3 aromatic rings. The van der Waals surface area contributed by atoms with Crippen LogP contribution in [0.15, 0.2) is 77.9 Å². The maximum atomic E-state index is 12.5. The van der Waals surface area contributed by atoms with Crippen LogP contribution in [0.4, 0.5) is 5.69 Å². The Morgan fingerprint density at radius 1 is 1.03 bits per heavy atom. The number of para-hydroxylation sites is 1. The highest BCUT2D eigenvalue weighted by Crippen LogP contribution is 2.29. The van der Waals surface area contributed by atoms with Crippen LogP contribution < -0.4 is 25.0 Å². The Balaban J connectivity index is 1.64. The fraction of sp³-hybridized carbons (Fsp3) is 0.125. The molecule has 0 saturated heterocycles. The molecule has 32 heavy (non-hydrogen) atoms. The second-order valence-electron chi connectivity index (χ2n) is 6.45. The van der Waals surface area contributed by atoms with Crippen LogP contribution in [0.3, 0.4) is 0 Å². The van der Waals surface area contributed by atoms with Gasteiger partial charge in [-0.05, 0) is 79.3 Å². The summed E-state index contributed by atoms with van der Waals surface area (Å²) < 4.78 is 16.3. The van der Waals surface area contributed by atoms with Crippen molar-refractivity contribution in [1.82, 2.24) is 5.43 Å². The van der Waals surface area contributed by atoms with Crippen LogP contribution in [0.25, 0.3) is 0 Å². The number of ether oxygens (including phenoxy) is 3. The molecule has 8 heteroatoms. The number of anilines is 1. The summed E-state index contributed by atoms with van der Waals surface area (Å²) in [5.41, 5.74) is 4.77. The predicted octanol–water partition coefficient (Wildman–Crippen LogP) is 4.63. The van der Waals surface area contributed by atoms with Crippen molar-refractivity contribution < 1.29 is 19.0 Å². The third kappa shape index (κ3) is 6.55. The van der Waals surface area contributed by atoms with Crippen LogP contribution in [0, 0.1) is 0 Å². The maximum Gasteiger partial charge on any atom is 0.343 e. The number of hydrogen-bond acceptors (Lipinski definition) is 6. The van der Waals surface area contributed by atoms with Crippen LogP contribution in [0.2, 0.25) is 0 Å². The second kappa shape index (κ2) is 11.5. The first-order valence-corrected chi connectivity index (χ1v) is 10.3. The number of methoxy groups -OCH3 is 1. The van der Waals surface area contributed by atoms with Gasteiger partial charge in [-0.3, -0.25) is 5.43 Å². The van der Waals surface area contributed by atoms with Gasteiger partial charge in [0.1, 0.15) is 5.75 Å². The monoisotopic (exact) mass is 449 g/mol. The molecule has 0 spiro atoms. The van der Waals surface area contributed by atoms with Crippen molar-refractivity contribution >= 4 is 35.2 Å². The zero-order valence-electron chi connectivity index (χ0n) is 17.7. The smallest absolute Gasteiger partial charge is 0.343 e. The van der Waals surface area contributed by atoms with Gasteiger partial charge in [-0.25, -0.2) is 4.79 Å². The molecule has 7 nitrogen and oxygen atoms in total. The molecule has 0 aliphatic carbocycles. The number of rotatable bonds is 8. The first kappa shape index (κ1) is 22.8. The summed E-state index contributed by atoms with van der Waals surface area (Å²) in [6, 6.07) is 21.4. The topological polar surface area (TPSA) is 81.2 Å². The molecule has 0 fully saturated rings. The van der Waals surface area contributed by atoms with Gasteiger partial charge in [0.2, 0.25) is 0 Å². The molecule has 0 atom stereocenters. The Labute approximate surface area is 192 Å². The van der Waals surface area contributed by atoms with E-state index in [2.05, 4.69) is 15.8 Å². The van der Waals surface area contributed by atoms with Crippen molar-refractivity contribution in [2.45, 2.75) is 6.92 Å². The van der Waals surface area contributed by atoms with E-state index in [1.54, 1.807) is 55.8 Å². The van der Waals surface area contributed by atoms with E-state index in [4.69, 9.17) is 26.4 Å². The summed E-state index contributed by atoms with van der Waals surface area (Å²) in [5, 5.41) is 7.53. The quantitative estimate of drug-likeness (QED) is 0.171. The van der Waals surface area contributed by atoms with E-state index >= 15 is 0 Å². The van der Waals surface area contributed by atoms with Gasteiger partial charge in [0.15, 0.2) is 16.6 Å². The van der Waals surface area contributed by atoms with Crippen LogP contribution >= 0.6 is 12.2 Å². The largest absolute Gasteiger partial charge is 0.497 e. The summed E-state index contributed by atoms with van der Waals surface area (Å²) in [5.74, 6) is 0.920. The minimum atomic E-state index is -0.492. The van der Waals surface area contributed by atoms with Gasteiger partial charge in [0.25, 0.3) is 0 Å². The van der Waals surface area contributed by atoms with E-state index in [0.717, 1.165) is 11.3 Å². The van der Waals surface area contributed by atoms with Crippen LogP contribution in [-0.2, 0) is 0 Å². The summed E-state index contributed by atoms with van der Waals surface area (Å²) >= 11 is 5.22. The number of carbonyl (C=O) groups is 1.